The molecule has 0 aliphatic carbocycles. The van der Waals surface area contributed by atoms with Crippen molar-refractivity contribution in [1.29, 1.82) is 5.26 Å². The van der Waals surface area contributed by atoms with Gasteiger partial charge in [-0.05, 0) is 32.4 Å². The summed E-state index contributed by atoms with van der Waals surface area (Å²) in [5.41, 5.74) is 0.331. The van der Waals surface area contributed by atoms with Gasteiger partial charge in [-0.1, -0.05) is 6.92 Å². The van der Waals surface area contributed by atoms with Crippen LogP contribution in [-0.2, 0) is 14.3 Å². The highest BCUT2D eigenvalue weighted by Gasteiger charge is 2.33. The number of urea groups is 1. The normalized spacial score (nSPS) is 15.7. The quantitative estimate of drug-likeness (QED) is 0.649. The van der Waals surface area contributed by atoms with Gasteiger partial charge < -0.3 is 24.5 Å². The molecule has 2 aromatic heterocycles. The van der Waals surface area contributed by atoms with Crippen LogP contribution in [0.1, 0.15) is 41.9 Å². The lowest BCUT2D eigenvalue weighted by Gasteiger charge is -2.28. The Bertz CT molecular complexity index is 1070. The average molecular weight is 426 g/mol. The van der Waals surface area contributed by atoms with Crippen molar-refractivity contribution in [2.24, 2.45) is 0 Å². The Hall–Kier alpha value is -4.00. The molecule has 0 aromatic carbocycles. The maximum atomic E-state index is 12.8. The molecule has 10 heteroatoms. The van der Waals surface area contributed by atoms with Gasteiger partial charge >= 0.3 is 18.0 Å². The number of carbonyl (C=O) groups is 3. The lowest BCUT2D eigenvalue weighted by atomic mass is 10.0. The Morgan fingerprint density at radius 2 is 1.94 bits per heavy atom. The first kappa shape index (κ1) is 21.7. The number of nitrogens with zero attached hydrogens (tertiary/aromatic N) is 2. The summed E-state index contributed by atoms with van der Waals surface area (Å²) in [5, 5.41) is 14.7. The molecule has 3 rings (SSSR count). The van der Waals surface area contributed by atoms with Crippen LogP contribution < -0.4 is 10.6 Å². The Morgan fingerprint density at radius 3 is 2.55 bits per heavy atom. The monoisotopic (exact) mass is 426 g/mol. The SMILES string of the molecule is CCOC(=O)C1=C(COC(=O)c2c(C)oc(-n3cccc3)c2C#N)NC(=O)N[C@@H]1CC. The van der Waals surface area contributed by atoms with E-state index in [0.717, 1.165) is 0 Å². The van der Waals surface area contributed by atoms with Crippen molar-refractivity contribution in [3.63, 3.8) is 0 Å². The molecule has 1 aliphatic rings. The van der Waals surface area contributed by atoms with Crippen LogP contribution in [0.2, 0.25) is 0 Å². The Kier molecular flexibility index (Phi) is 6.45. The fourth-order valence-corrected chi connectivity index (χ4v) is 3.32. The molecule has 0 unspecified atom stereocenters. The van der Waals surface area contributed by atoms with Crippen molar-refractivity contribution in [1.82, 2.24) is 15.2 Å². The van der Waals surface area contributed by atoms with Gasteiger partial charge in [-0.15, -0.1) is 0 Å². The number of furan rings is 1. The Morgan fingerprint density at radius 1 is 1.23 bits per heavy atom. The first-order valence-electron chi connectivity index (χ1n) is 9.72. The molecule has 2 amide bonds. The maximum Gasteiger partial charge on any atom is 0.343 e. The smallest absolute Gasteiger partial charge is 0.343 e. The fourth-order valence-electron chi connectivity index (χ4n) is 3.32. The molecule has 0 fully saturated rings. The molecule has 2 N–H and O–H groups in total. The third-order valence-corrected chi connectivity index (χ3v) is 4.72. The molecule has 0 bridgehead atoms. The van der Waals surface area contributed by atoms with E-state index < -0.39 is 24.0 Å². The molecule has 2 aromatic rings. The number of aromatic nitrogens is 1. The van der Waals surface area contributed by atoms with Gasteiger partial charge in [0.25, 0.3) is 0 Å². The fraction of sp³-hybridized carbons (Fsp3) is 0.333. The summed E-state index contributed by atoms with van der Waals surface area (Å²) in [7, 11) is 0. The van der Waals surface area contributed by atoms with Gasteiger partial charge in [0.1, 0.15) is 29.6 Å². The first-order chi connectivity index (χ1) is 14.9. The molecule has 31 heavy (non-hydrogen) atoms. The Labute approximate surface area is 178 Å². The lowest BCUT2D eigenvalue weighted by molar-refractivity contribution is -0.139. The number of aryl methyl sites for hydroxylation is 1. The second kappa shape index (κ2) is 9.21. The summed E-state index contributed by atoms with van der Waals surface area (Å²) in [6, 6.07) is 4.39. The van der Waals surface area contributed by atoms with E-state index in [1.165, 1.54) is 0 Å². The molecule has 162 valence electrons. The molecule has 0 saturated heterocycles. The molecule has 0 radical (unpaired) electrons. The van der Waals surface area contributed by atoms with E-state index in [9.17, 15) is 19.6 Å². The average Bonchev–Trinajstić information content (AvgIpc) is 3.38. The van der Waals surface area contributed by atoms with Crippen molar-refractivity contribution < 1.29 is 28.3 Å². The number of nitrogens with one attached hydrogen (secondary N) is 2. The summed E-state index contributed by atoms with van der Waals surface area (Å²) in [4.78, 5) is 37.2. The summed E-state index contributed by atoms with van der Waals surface area (Å²) in [6.07, 6.45) is 3.80. The van der Waals surface area contributed by atoms with E-state index in [0.29, 0.717) is 6.42 Å². The minimum Gasteiger partial charge on any atom is -0.463 e. The van der Waals surface area contributed by atoms with Crippen LogP contribution in [0, 0.1) is 18.3 Å². The highest BCUT2D eigenvalue weighted by Crippen LogP contribution is 2.26. The third kappa shape index (κ3) is 4.30. The minimum atomic E-state index is -0.812. The molecule has 1 aliphatic heterocycles. The molecule has 0 spiro atoms. The molecular weight excluding hydrogens is 404 g/mol. The van der Waals surface area contributed by atoms with Crippen LogP contribution in [0.4, 0.5) is 4.79 Å². The van der Waals surface area contributed by atoms with E-state index in [1.807, 2.05) is 6.07 Å². The zero-order valence-electron chi connectivity index (χ0n) is 17.4. The third-order valence-electron chi connectivity index (χ3n) is 4.72. The predicted octanol–water partition coefficient (Wildman–Crippen LogP) is 2.32. The molecule has 0 saturated carbocycles. The second-order valence-electron chi connectivity index (χ2n) is 6.66. The van der Waals surface area contributed by atoms with Gasteiger partial charge in [0.15, 0.2) is 0 Å². The van der Waals surface area contributed by atoms with Crippen LogP contribution >= 0.6 is 0 Å². The second-order valence-corrected chi connectivity index (χ2v) is 6.66. The van der Waals surface area contributed by atoms with Gasteiger partial charge in [0.2, 0.25) is 5.88 Å². The standard InChI is InChI=1S/C21H22N4O6/c1-4-14-17(20(27)29-5-2)15(24-21(28)23-14)11-30-19(26)16-12(3)31-18(13(16)10-22)25-8-6-7-9-25/h6-9,14H,4-5,11H2,1-3H3,(H2,23,24,28)/t14-/m1/s1. The molecule has 3 heterocycles. The van der Waals surface area contributed by atoms with Crippen molar-refractivity contribution in [2.75, 3.05) is 13.2 Å². The number of rotatable bonds is 7. The summed E-state index contributed by atoms with van der Waals surface area (Å²) >= 11 is 0. The van der Waals surface area contributed by atoms with Gasteiger partial charge in [-0.2, -0.15) is 5.26 Å². The zero-order chi connectivity index (χ0) is 22.5. The number of nitriles is 1. The molecular formula is C21H22N4O6. The van der Waals surface area contributed by atoms with Crippen LogP contribution in [0.5, 0.6) is 0 Å². The number of hydrogen-bond acceptors (Lipinski definition) is 7. The number of ether oxygens (including phenoxy) is 2. The first-order valence-corrected chi connectivity index (χ1v) is 9.72. The van der Waals surface area contributed by atoms with Gasteiger partial charge in [0, 0.05) is 12.4 Å². The molecule has 1 atom stereocenters. The van der Waals surface area contributed by atoms with Crippen molar-refractivity contribution in [3.8, 4) is 12.0 Å². The van der Waals surface area contributed by atoms with E-state index in [1.54, 1.807) is 49.9 Å². The van der Waals surface area contributed by atoms with Crippen LogP contribution in [0.15, 0.2) is 40.2 Å². The van der Waals surface area contributed by atoms with Gasteiger partial charge in [-0.3, -0.25) is 4.57 Å². The largest absolute Gasteiger partial charge is 0.463 e. The maximum absolute atomic E-state index is 12.8. The van der Waals surface area contributed by atoms with E-state index in [2.05, 4.69) is 10.6 Å². The highest BCUT2D eigenvalue weighted by molar-refractivity contribution is 5.96. The van der Waals surface area contributed by atoms with Gasteiger partial charge in [0.05, 0.1) is 23.9 Å². The van der Waals surface area contributed by atoms with Crippen molar-refractivity contribution in [3.05, 3.63) is 52.7 Å². The minimum absolute atomic E-state index is 0.0169. The lowest BCUT2D eigenvalue weighted by Crippen LogP contribution is -2.51. The number of carbonyl (C=O) groups excluding carboxylic acids is 3. The van der Waals surface area contributed by atoms with Crippen molar-refractivity contribution >= 4 is 18.0 Å². The summed E-state index contributed by atoms with van der Waals surface area (Å²) < 4.78 is 17.6. The highest BCUT2D eigenvalue weighted by atomic mass is 16.5. The van der Waals surface area contributed by atoms with Crippen LogP contribution in [-0.4, -0.2) is 41.8 Å². The number of amides is 2. The van der Waals surface area contributed by atoms with Crippen molar-refractivity contribution in [2.45, 2.75) is 33.2 Å². The number of esters is 2. The predicted molar refractivity (Wildman–Crippen MR) is 107 cm³/mol. The van der Waals surface area contributed by atoms with E-state index >= 15 is 0 Å². The van der Waals surface area contributed by atoms with E-state index in [-0.39, 0.29) is 47.3 Å². The van der Waals surface area contributed by atoms with Gasteiger partial charge in [-0.25, -0.2) is 14.4 Å². The Balaban J connectivity index is 1.89. The summed E-state index contributed by atoms with van der Waals surface area (Å²) in [5.74, 6) is -1.01. The van der Waals surface area contributed by atoms with Crippen LogP contribution in [0.25, 0.3) is 5.88 Å². The zero-order valence-corrected chi connectivity index (χ0v) is 17.4. The van der Waals surface area contributed by atoms with E-state index in [4.69, 9.17) is 13.9 Å². The molecule has 10 nitrogen and oxygen atoms in total. The summed E-state index contributed by atoms with van der Waals surface area (Å²) in [6.45, 7) is 4.79. The number of hydrogen-bond donors (Lipinski definition) is 2. The topological polar surface area (TPSA) is 136 Å². The van der Waals surface area contributed by atoms with Crippen LogP contribution in [0.3, 0.4) is 0 Å².